The van der Waals surface area contributed by atoms with Crippen molar-refractivity contribution in [2.24, 2.45) is 5.10 Å². The van der Waals surface area contributed by atoms with Gasteiger partial charge in [0.2, 0.25) is 0 Å². The highest BCUT2D eigenvalue weighted by atomic mass is 16.2. The summed E-state index contributed by atoms with van der Waals surface area (Å²) in [4.78, 5) is 18.5. The minimum absolute atomic E-state index is 0.154. The lowest BCUT2D eigenvalue weighted by Crippen LogP contribution is -2.48. The Bertz CT molecular complexity index is 858. The number of benzene rings is 1. The fourth-order valence-corrected chi connectivity index (χ4v) is 4.11. The molecular formula is C22H28N4O. The number of anilines is 1. The summed E-state index contributed by atoms with van der Waals surface area (Å²) in [7, 11) is 0. The number of aromatic nitrogens is 1. The van der Waals surface area contributed by atoms with E-state index in [1.165, 1.54) is 17.4 Å². The molecule has 5 nitrogen and oxygen atoms in total. The van der Waals surface area contributed by atoms with Crippen LogP contribution in [0, 0.1) is 6.92 Å². The van der Waals surface area contributed by atoms with E-state index in [9.17, 15) is 4.79 Å². The topological polar surface area (TPSA) is 57.6 Å². The Kier molecular flexibility index (Phi) is 5.31. The number of hydrogen-bond donors (Lipinski definition) is 1. The Balaban J connectivity index is 1.84. The number of hydrazone groups is 1. The van der Waals surface area contributed by atoms with Crippen LogP contribution < -0.4 is 10.3 Å². The molecule has 1 N–H and O–H groups in total. The highest BCUT2D eigenvalue weighted by Crippen LogP contribution is 2.43. The molecule has 3 rings (SSSR count). The van der Waals surface area contributed by atoms with E-state index in [4.69, 9.17) is 0 Å². The van der Waals surface area contributed by atoms with Crippen molar-refractivity contribution in [3.63, 3.8) is 0 Å². The van der Waals surface area contributed by atoms with Crippen molar-refractivity contribution in [1.82, 2.24) is 10.4 Å². The van der Waals surface area contributed by atoms with E-state index in [1.807, 2.05) is 0 Å². The molecule has 1 unspecified atom stereocenters. The second kappa shape index (κ2) is 7.51. The fourth-order valence-electron chi connectivity index (χ4n) is 4.11. The third kappa shape index (κ3) is 3.87. The van der Waals surface area contributed by atoms with Crippen LogP contribution in [0.5, 0.6) is 0 Å². The minimum Gasteiger partial charge on any atom is -0.366 e. The van der Waals surface area contributed by atoms with Crippen molar-refractivity contribution >= 4 is 17.8 Å². The van der Waals surface area contributed by atoms with Gasteiger partial charge in [-0.05, 0) is 81.0 Å². The van der Waals surface area contributed by atoms with Gasteiger partial charge in [-0.1, -0.05) is 6.92 Å². The Labute approximate surface area is 161 Å². The number of carbonyl (C=O) groups is 1. The average Bonchev–Trinajstić information content (AvgIpc) is 2.63. The van der Waals surface area contributed by atoms with Gasteiger partial charge in [-0.2, -0.15) is 5.10 Å². The smallest absolute Gasteiger partial charge is 0.272 e. The van der Waals surface area contributed by atoms with Crippen LogP contribution in [0.25, 0.3) is 0 Å². The van der Waals surface area contributed by atoms with Crippen molar-refractivity contribution in [1.29, 1.82) is 0 Å². The first-order valence-electron chi connectivity index (χ1n) is 9.49. The summed E-state index contributed by atoms with van der Waals surface area (Å²) >= 11 is 0. The number of carbonyl (C=O) groups excluding carboxylic acids is 1. The van der Waals surface area contributed by atoms with Crippen molar-refractivity contribution in [3.05, 3.63) is 58.9 Å². The molecule has 0 fully saturated rings. The van der Waals surface area contributed by atoms with Gasteiger partial charge in [0.25, 0.3) is 5.91 Å². The molecule has 5 heteroatoms. The van der Waals surface area contributed by atoms with Gasteiger partial charge in [-0.15, -0.1) is 0 Å². The van der Waals surface area contributed by atoms with E-state index < -0.39 is 0 Å². The number of pyridine rings is 1. The third-order valence-electron chi connectivity index (χ3n) is 5.38. The first kappa shape index (κ1) is 19.1. The van der Waals surface area contributed by atoms with E-state index >= 15 is 0 Å². The Morgan fingerprint density at radius 2 is 2.22 bits per heavy atom. The lowest BCUT2D eigenvalue weighted by molar-refractivity contribution is 0.0955. The molecule has 142 valence electrons. The second-order valence-electron chi connectivity index (χ2n) is 7.87. The molecule has 1 aromatic carbocycles. The zero-order chi connectivity index (χ0) is 19.6. The molecule has 0 aliphatic carbocycles. The highest BCUT2D eigenvalue weighted by Gasteiger charge is 2.35. The van der Waals surface area contributed by atoms with E-state index in [2.05, 4.69) is 67.2 Å². The largest absolute Gasteiger partial charge is 0.366 e. The standard InChI is InChI=1S/C22H28N4O/c1-6-26-20-10-15(2)18(11-19(20)16(3)12-22(26,4)5)14-24-25-21(27)17-8-7-9-23-13-17/h7-11,13-14,16H,6,12H2,1-5H3,(H,25,27)/b24-14+. The number of nitrogens with zero attached hydrogens (tertiary/aromatic N) is 3. The Morgan fingerprint density at radius 1 is 1.44 bits per heavy atom. The van der Waals surface area contributed by atoms with Crippen molar-refractivity contribution in [2.45, 2.75) is 52.5 Å². The number of fused-ring (bicyclic) bond motifs is 1. The van der Waals surface area contributed by atoms with Gasteiger partial charge in [0.15, 0.2) is 0 Å². The maximum absolute atomic E-state index is 12.1. The summed E-state index contributed by atoms with van der Waals surface area (Å²) in [5, 5.41) is 4.15. The molecule has 2 aromatic rings. The summed E-state index contributed by atoms with van der Waals surface area (Å²) in [5.74, 6) is 0.220. The van der Waals surface area contributed by atoms with Crippen LogP contribution in [0.4, 0.5) is 5.69 Å². The lowest BCUT2D eigenvalue weighted by atomic mass is 9.79. The Morgan fingerprint density at radius 3 is 2.89 bits per heavy atom. The van der Waals surface area contributed by atoms with Gasteiger partial charge in [0.1, 0.15) is 0 Å². The summed E-state index contributed by atoms with van der Waals surface area (Å²) in [5.41, 5.74) is 8.07. The van der Waals surface area contributed by atoms with Crippen LogP contribution in [-0.4, -0.2) is 29.2 Å². The molecule has 1 aromatic heterocycles. The molecule has 1 atom stereocenters. The number of rotatable bonds is 4. The highest BCUT2D eigenvalue weighted by molar-refractivity contribution is 5.94. The van der Waals surface area contributed by atoms with Crippen LogP contribution in [0.3, 0.4) is 0 Å². The van der Waals surface area contributed by atoms with E-state index in [1.54, 1.807) is 24.5 Å². The SMILES string of the molecule is CCN1c2cc(C)c(/C=N/NC(=O)c3cccnc3)cc2C(C)CC1(C)C. The average molecular weight is 364 g/mol. The molecule has 2 heterocycles. The van der Waals surface area contributed by atoms with Crippen LogP contribution in [0.15, 0.2) is 41.8 Å². The molecular weight excluding hydrogens is 336 g/mol. The summed E-state index contributed by atoms with van der Waals surface area (Å²) < 4.78 is 0. The van der Waals surface area contributed by atoms with Gasteiger partial charge in [-0.3, -0.25) is 9.78 Å². The van der Waals surface area contributed by atoms with Crippen molar-refractivity contribution in [3.8, 4) is 0 Å². The minimum atomic E-state index is -0.262. The lowest BCUT2D eigenvalue weighted by Gasteiger charge is -2.47. The number of nitrogens with one attached hydrogen (secondary N) is 1. The van der Waals surface area contributed by atoms with Crippen LogP contribution in [0.2, 0.25) is 0 Å². The van der Waals surface area contributed by atoms with Crippen LogP contribution in [-0.2, 0) is 0 Å². The van der Waals surface area contributed by atoms with Crippen LogP contribution >= 0.6 is 0 Å². The quantitative estimate of drug-likeness (QED) is 0.651. The molecule has 0 bridgehead atoms. The predicted octanol–water partition coefficient (Wildman–Crippen LogP) is 4.27. The summed E-state index contributed by atoms with van der Waals surface area (Å²) in [6.45, 7) is 12.2. The molecule has 0 saturated carbocycles. The zero-order valence-electron chi connectivity index (χ0n) is 16.8. The first-order chi connectivity index (χ1) is 12.8. The van der Waals surface area contributed by atoms with Gasteiger partial charge < -0.3 is 4.90 Å². The van der Waals surface area contributed by atoms with Crippen molar-refractivity contribution < 1.29 is 4.79 Å². The van der Waals surface area contributed by atoms with E-state index in [0.717, 1.165) is 24.1 Å². The molecule has 0 saturated heterocycles. The van der Waals surface area contributed by atoms with Gasteiger partial charge >= 0.3 is 0 Å². The van der Waals surface area contributed by atoms with Crippen molar-refractivity contribution in [2.75, 3.05) is 11.4 Å². The van der Waals surface area contributed by atoms with Crippen LogP contribution in [0.1, 0.15) is 67.1 Å². The number of amides is 1. The normalized spacial score (nSPS) is 18.4. The van der Waals surface area contributed by atoms with Gasteiger partial charge in [0.05, 0.1) is 11.8 Å². The van der Waals surface area contributed by atoms with E-state index in [-0.39, 0.29) is 11.4 Å². The summed E-state index contributed by atoms with van der Waals surface area (Å²) in [6.07, 6.45) is 6.01. The molecule has 1 amide bonds. The van der Waals surface area contributed by atoms with Gasteiger partial charge in [0, 0.05) is 30.2 Å². The number of aryl methyl sites for hydroxylation is 1. The molecule has 1 aliphatic heterocycles. The van der Waals surface area contributed by atoms with Gasteiger partial charge in [-0.25, -0.2) is 5.43 Å². The number of hydrogen-bond acceptors (Lipinski definition) is 4. The molecule has 1 aliphatic rings. The molecule has 0 radical (unpaired) electrons. The third-order valence-corrected chi connectivity index (χ3v) is 5.38. The second-order valence-corrected chi connectivity index (χ2v) is 7.87. The zero-order valence-corrected chi connectivity index (χ0v) is 16.8. The van der Waals surface area contributed by atoms with E-state index in [0.29, 0.717) is 11.5 Å². The molecule has 27 heavy (non-hydrogen) atoms. The fraction of sp³-hybridized carbons (Fsp3) is 0.409. The summed E-state index contributed by atoms with van der Waals surface area (Å²) in [6, 6.07) is 7.91. The monoisotopic (exact) mass is 364 g/mol. The Hall–Kier alpha value is -2.69. The predicted molar refractivity (Wildman–Crippen MR) is 111 cm³/mol. The molecule has 0 spiro atoms. The maximum Gasteiger partial charge on any atom is 0.272 e. The maximum atomic E-state index is 12.1. The first-order valence-corrected chi connectivity index (χ1v) is 9.49.